The van der Waals surface area contributed by atoms with E-state index in [2.05, 4.69) is 26.1 Å². The number of halogens is 3. The smallest absolute Gasteiger partial charge is 0.141 e. The van der Waals surface area contributed by atoms with Crippen molar-refractivity contribution in [1.82, 2.24) is 5.32 Å². The first kappa shape index (κ1) is 18.0. The molecular formula is C16H20Cl2FNO. The van der Waals surface area contributed by atoms with Gasteiger partial charge in [0.05, 0.1) is 11.6 Å². The van der Waals surface area contributed by atoms with Crippen molar-refractivity contribution in [1.29, 1.82) is 0 Å². The zero-order valence-corrected chi connectivity index (χ0v) is 13.9. The fourth-order valence-electron chi connectivity index (χ4n) is 1.73. The Hall–Kier alpha value is -1.03. The van der Waals surface area contributed by atoms with E-state index in [9.17, 15) is 4.39 Å². The van der Waals surface area contributed by atoms with Crippen molar-refractivity contribution < 1.29 is 8.81 Å². The number of nitrogens with one attached hydrogen (secondary N) is 1. The van der Waals surface area contributed by atoms with Crippen LogP contribution < -0.4 is 5.32 Å². The average Bonchev–Trinajstić information content (AvgIpc) is 2.89. The monoisotopic (exact) mass is 331 g/mol. The van der Waals surface area contributed by atoms with Crippen molar-refractivity contribution in [2.75, 3.05) is 0 Å². The fraction of sp³-hybridized carbons (Fsp3) is 0.375. The van der Waals surface area contributed by atoms with Crippen molar-refractivity contribution in [3.8, 4) is 11.3 Å². The second-order valence-corrected chi connectivity index (χ2v) is 5.89. The van der Waals surface area contributed by atoms with Crippen LogP contribution in [-0.2, 0) is 6.54 Å². The summed E-state index contributed by atoms with van der Waals surface area (Å²) in [6.07, 6.45) is 1.04. The van der Waals surface area contributed by atoms with Gasteiger partial charge < -0.3 is 9.73 Å². The minimum atomic E-state index is -0.423. The van der Waals surface area contributed by atoms with E-state index < -0.39 is 5.82 Å². The third kappa shape index (κ3) is 4.73. The summed E-state index contributed by atoms with van der Waals surface area (Å²) in [4.78, 5) is 0. The summed E-state index contributed by atoms with van der Waals surface area (Å²) in [5, 5.41) is 3.53. The van der Waals surface area contributed by atoms with Crippen LogP contribution in [0, 0.1) is 5.82 Å². The molecular weight excluding hydrogens is 312 g/mol. The zero-order chi connectivity index (χ0) is 14.8. The molecule has 0 fully saturated rings. The molecule has 0 bridgehead atoms. The van der Waals surface area contributed by atoms with Crippen LogP contribution in [0.15, 0.2) is 34.7 Å². The van der Waals surface area contributed by atoms with Crippen LogP contribution >= 0.6 is 24.0 Å². The lowest BCUT2D eigenvalue weighted by molar-refractivity contribution is 0.353. The van der Waals surface area contributed by atoms with E-state index in [-0.39, 0.29) is 23.0 Å². The largest absolute Gasteiger partial charge is 0.460 e. The second-order valence-electron chi connectivity index (χ2n) is 5.49. The van der Waals surface area contributed by atoms with E-state index in [1.165, 1.54) is 6.07 Å². The van der Waals surface area contributed by atoms with Crippen molar-refractivity contribution in [3.05, 3.63) is 46.9 Å². The van der Waals surface area contributed by atoms with Crippen molar-refractivity contribution in [3.63, 3.8) is 0 Å². The molecule has 0 saturated heterocycles. The van der Waals surface area contributed by atoms with E-state index in [1.807, 2.05) is 12.1 Å². The molecule has 116 valence electrons. The average molecular weight is 332 g/mol. The van der Waals surface area contributed by atoms with E-state index in [0.717, 1.165) is 17.7 Å². The van der Waals surface area contributed by atoms with Crippen LogP contribution in [0.3, 0.4) is 0 Å². The topological polar surface area (TPSA) is 25.2 Å². The van der Waals surface area contributed by atoms with Gasteiger partial charge in [-0.05, 0) is 50.6 Å². The number of hydrogen-bond acceptors (Lipinski definition) is 2. The normalized spacial score (nSPS) is 11.3. The lowest BCUT2D eigenvalue weighted by atomic mass is 10.0. The Kier molecular flexibility index (Phi) is 6.26. The predicted octanol–water partition coefficient (Wildman–Crippen LogP) is 5.44. The Bertz CT molecular complexity index is 596. The molecule has 0 amide bonds. The predicted molar refractivity (Wildman–Crippen MR) is 87.6 cm³/mol. The molecule has 0 aliphatic rings. The first-order chi connectivity index (χ1) is 9.41. The quantitative estimate of drug-likeness (QED) is 0.789. The fourth-order valence-corrected chi connectivity index (χ4v) is 1.91. The van der Waals surface area contributed by atoms with Gasteiger partial charge in [-0.2, -0.15) is 0 Å². The van der Waals surface area contributed by atoms with Gasteiger partial charge in [-0.1, -0.05) is 18.5 Å². The van der Waals surface area contributed by atoms with Crippen LogP contribution in [0.1, 0.15) is 33.0 Å². The van der Waals surface area contributed by atoms with Gasteiger partial charge in [-0.25, -0.2) is 4.39 Å². The number of benzene rings is 1. The van der Waals surface area contributed by atoms with Crippen molar-refractivity contribution in [2.45, 2.75) is 39.3 Å². The molecule has 21 heavy (non-hydrogen) atoms. The van der Waals surface area contributed by atoms with E-state index in [0.29, 0.717) is 12.3 Å². The van der Waals surface area contributed by atoms with Gasteiger partial charge in [0.25, 0.3) is 0 Å². The van der Waals surface area contributed by atoms with E-state index in [1.54, 1.807) is 12.1 Å². The number of furan rings is 1. The van der Waals surface area contributed by atoms with Gasteiger partial charge in [-0.3, -0.25) is 0 Å². The molecule has 0 aliphatic heterocycles. The number of rotatable bonds is 5. The molecule has 2 nitrogen and oxygen atoms in total. The Balaban J connectivity index is 0.00000220. The standard InChI is InChI=1S/C16H19ClFNO.ClH/c1-4-16(2,3)19-10-12-6-8-15(20-12)11-5-7-14(18)13(17)9-11;/h5-9,19H,4,10H2,1-3H3;1H. The highest BCUT2D eigenvalue weighted by Gasteiger charge is 2.15. The summed E-state index contributed by atoms with van der Waals surface area (Å²) in [7, 11) is 0. The molecule has 0 atom stereocenters. The molecule has 1 aromatic carbocycles. The maximum absolute atomic E-state index is 13.1. The second kappa shape index (κ2) is 7.30. The lowest BCUT2D eigenvalue weighted by Crippen LogP contribution is -2.37. The molecule has 0 unspecified atom stereocenters. The van der Waals surface area contributed by atoms with Crippen LogP contribution in [0.4, 0.5) is 4.39 Å². The zero-order valence-electron chi connectivity index (χ0n) is 12.4. The summed E-state index contributed by atoms with van der Waals surface area (Å²) in [6, 6.07) is 8.37. The summed E-state index contributed by atoms with van der Waals surface area (Å²) in [5.74, 6) is 1.12. The molecule has 0 aliphatic carbocycles. The molecule has 0 saturated carbocycles. The van der Waals surface area contributed by atoms with Gasteiger partial charge in [0.1, 0.15) is 17.3 Å². The maximum atomic E-state index is 13.1. The third-order valence-corrected chi connectivity index (χ3v) is 3.78. The molecule has 5 heteroatoms. The SMILES string of the molecule is CCC(C)(C)NCc1ccc(-c2ccc(F)c(Cl)c2)o1.Cl. The highest BCUT2D eigenvalue weighted by molar-refractivity contribution is 6.31. The lowest BCUT2D eigenvalue weighted by Gasteiger charge is -2.23. The van der Waals surface area contributed by atoms with Crippen LogP contribution in [-0.4, -0.2) is 5.54 Å². The molecule has 1 N–H and O–H groups in total. The van der Waals surface area contributed by atoms with Gasteiger partial charge in [-0.15, -0.1) is 12.4 Å². The molecule has 0 radical (unpaired) electrons. The highest BCUT2D eigenvalue weighted by atomic mass is 35.5. The summed E-state index contributed by atoms with van der Waals surface area (Å²) in [6.45, 7) is 7.10. The summed E-state index contributed by atoms with van der Waals surface area (Å²) >= 11 is 5.78. The van der Waals surface area contributed by atoms with Gasteiger partial charge in [0.15, 0.2) is 0 Å². The minimum absolute atomic E-state index is 0. The Morgan fingerprint density at radius 2 is 1.95 bits per heavy atom. The third-order valence-electron chi connectivity index (χ3n) is 3.49. The maximum Gasteiger partial charge on any atom is 0.141 e. The number of hydrogen-bond donors (Lipinski definition) is 1. The van der Waals surface area contributed by atoms with Crippen molar-refractivity contribution in [2.24, 2.45) is 0 Å². The Morgan fingerprint density at radius 3 is 2.57 bits per heavy atom. The van der Waals surface area contributed by atoms with Crippen LogP contribution in [0.2, 0.25) is 5.02 Å². The van der Waals surface area contributed by atoms with Crippen molar-refractivity contribution >= 4 is 24.0 Å². The van der Waals surface area contributed by atoms with Gasteiger partial charge in [0, 0.05) is 11.1 Å². The van der Waals surface area contributed by atoms with Crippen LogP contribution in [0.25, 0.3) is 11.3 Å². The van der Waals surface area contributed by atoms with E-state index in [4.69, 9.17) is 16.0 Å². The molecule has 0 spiro atoms. The van der Waals surface area contributed by atoms with Gasteiger partial charge in [0.2, 0.25) is 0 Å². The summed E-state index contributed by atoms with van der Waals surface area (Å²) in [5.41, 5.74) is 0.851. The first-order valence-electron chi connectivity index (χ1n) is 6.70. The summed E-state index contributed by atoms with van der Waals surface area (Å²) < 4.78 is 18.9. The Labute approximate surface area is 136 Å². The van der Waals surface area contributed by atoms with E-state index >= 15 is 0 Å². The highest BCUT2D eigenvalue weighted by Crippen LogP contribution is 2.26. The Morgan fingerprint density at radius 1 is 1.24 bits per heavy atom. The minimum Gasteiger partial charge on any atom is -0.460 e. The molecule has 2 rings (SSSR count). The molecule has 1 heterocycles. The first-order valence-corrected chi connectivity index (χ1v) is 7.08. The van der Waals surface area contributed by atoms with Gasteiger partial charge >= 0.3 is 0 Å². The molecule has 1 aromatic heterocycles. The van der Waals surface area contributed by atoms with Crippen LogP contribution in [0.5, 0.6) is 0 Å². The molecule has 2 aromatic rings.